The molecule has 2 atom stereocenters. The van der Waals surface area contributed by atoms with E-state index in [4.69, 9.17) is 9.72 Å². The van der Waals surface area contributed by atoms with E-state index in [0.717, 1.165) is 90.0 Å². The van der Waals surface area contributed by atoms with E-state index in [2.05, 4.69) is 38.9 Å². The van der Waals surface area contributed by atoms with E-state index < -0.39 is 0 Å². The summed E-state index contributed by atoms with van der Waals surface area (Å²) < 4.78 is 22.8. The van der Waals surface area contributed by atoms with E-state index in [-0.39, 0.29) is 48.7 Å². The van der Waals surface area contributed by atoms with Crippen molar-refractivity contribution < 1.29 is 23.5 Å². The Bertz CT molecular complexity index is 2360. The zero-order valence-electron chi connectivity index (χ0n) is 34.1. The lowest BCUT2D eigenvalue weighted by molar-refractivity contribution is -0.139. The highest BCUT2D eigenvalue weighted by molar-refractivity contribution is 6.00. The number of nitrogens with zero attached hydrogens (tertiary/aromatic N) is 5. The van der Waals surface area contributed by atoms with Crippen molar-refractivity contribution in [2.75, 3.05) is 31.6 Å². The number of anilines is 1. The van der Waals surface area contributed by atoms with E-state index in [0.29, 0.717) is 48.9 Å². The molecule has 6 heterocycles. The molecule has 0 spiro atoms. The Hall–Kier alpha value is -5.66. The lowest BCUT2D eigenvalue weighted by Gasteiger charge is -2.51. The average molecular weight is 801 g/mol. The highest BCUT2D eigenvalue weighted by Gasteiger charge is 2.39. The first-order valence-corrected chi connectivity index (χ1v) is 21.0. The van der Waals surface area contributed by atoms with Crippen LogP contribution < -0.4 is 16.0 Å². The summed E-state index contributed by atoms with van der Waals surface area (Å²) in [5, 5.41) is 15.3. The fourth-order valence-corrected chi connectivity index (χ4v) is 8.93. The van der Waals surface area contributed by atoms with Gasteiger partial charge < -0.3 is 25.6 Å². The summed E-state index contributed by atoms with van der Waals surface area (Å²) in [5.41, 5.74) is 7.34. The van der Waals surface area contributed by atoms with E-state index >= 15 is 4.39 Å². The van der Waals surface area contributed by atoms with Crippen molar-refractivity contribution >= 4 is 34.4 Å². The number of hydrogen-bond acceptors (Lipinski definition) is 8. The first-order valence-electron chi connectivity index (χ1n) is 21.0. The maximum Gasteiger partial charge on any atom is 0.251 e. The van der Waals surface area contributed by atoms with Crippen LogP contribution in [-0.2, 0) is 42.1 Å². The van der Waals surface area contributed by atoms with Crippen molar-refractivity contribution in [3.63, 3.8) is 0 Å². The number of piperazine rings is 1. The van der Waals surface area contributed by atoms with Gasteiger partial charge in [0.15, 0.2) is 5.65 Å². The van der Waals surface area contributed by atoms with Gasteiger partial charge in [0.2, 0.25) is 5.91 Å². The first-order chi connectivity index (χ1) is 28.7. The number of rotatable bonds is 13. The molecular weight excluding hydrogens is 748 g/mol. The molecule has 4 fully saturated rings. The van der Waals surface area contributed by atoms with Gasteiger partial charge >= 0.3 is 0 Å². The first kappa shape index (κ1) is 40.1. The fourth-order valence-electron chi connectivity index (χ4n) is 8.93. The van der Waals surface area contributed by atoms with Gasteiger partial charge in [-0.1, -0.05) is 37.3 Å². The van der Waals surface area contributed by atoms with Crippen LogP contribution in [0.3, 0.4) is 0 Å². The Kier molecular flexibility index (Phi) is 12.0. The summed E-state index contributed by atoms with van der Waals surface area (Å²) in [6, 6.07) is 20.3. The van der Waals surface area contributed by atoms with E-state index in [1.54, 1.807) is 43.3 Å². The summed E-state index contributed by atoms with van der Waals surface area (Å²) in [4.78, 5) is 48.6. The number of carbonyl (C=O) groups excluding carboxylic acids is 3. The largest absolute Gasteiger partial charge is 0.381 e. The van der Waals surface area contributed by atoms with Crippen molar-refractivity contribution in [2.24, 2.45) is 0 Å². The van der Waals surface area contributed by atoms with Crippen molar-refractivity contribution in [1.29, 1.82) is 0 Å². The van der Waals surface area contributed by atoms with Crippen LogP contribution in [0.1, 0.15) is 89.6 Å². The van der Waals surface area contributed by atoms with Crippen molar-refractivity contribution in [3.05, 3.63) is 112 Å². The molecule has 59 heavy (non-hydrogen) atoms. The number of nitrogens with one attached hydrogen (secondary N) is 3. The molecule has 12 nitrogen and oxygen atoms in total. The smallest absolute Gasteiger partial charge is 0.251 e. The quantitative estimate of drug-likeness (QED) is 0.124. The summed E-state index contributed by atoms with van der Waals surface area (Å²) in [6.07, 6.45) is 6.40. The Labute approximate surface area is 344 Å². The molecule has 0 saturated carbocycles. The third-order valence-corrected chi connectivity index (χ3v) is 12.1. The van der Waals surface area contributed by atoms with Crippen LogP contribution >= 0.6 is 0 Å². The average Bonchev–Trinajstić information content (AvgIpc) is 3.69. The third kappa shape index (κ3) is 8.72. The van der Waals surface area contributed by atoms with Gasteiger partial charge in [-0.25, -0.2) is 14.1 Å². The predicted octanol–water partition coefficient (Wildman–Crippen LogP) is 6.47. The minimum absolute atomic E-state index is 0.142. The fraction of sp³-hybridized carbons (Fsp3) is 0.413. The molecule has 3 N–H and O–H groups in total. The van der Waals surface area contributed by atoms with Gasteiger partial charge in [0.25, 0.3) is 11.8 Å². The third-order valence-electron chi connectivity index (χ3n) is 12.1. The van der Waals surface area contributed by atoms with Gasteiger partial charge in [-0.2, -0.15) is 5.10 Å². The number of pyridine rings is 1. The predicted molar refractivity (Wildman–Crippen MR) is 225 cm³/mol. The van der Waals surface area contributed by atoms with Crippen LogP contribution in [0, 0.1) is 5.82 Å². The van der Waals surface area contributed by atoms with Crippen LogP contribution in [0.4, 0.5) is 10.1 Å². The number of carbonyl (C=O) groups is 3. The normalized spacial score (nSPS) is 18.3. The Balaban J connectivity index is 0.920. The molecule has 3 aromatic carbocycles. The number of benzene rings is 3. The van der Waals surface area contributed by atoms with Crippen LogP contribution in [0.15, 0.2) is 72.9 Å². The Morgan fingerprint density at radius 1 is 0.847 bits per heavy atom. The van der Waals surface area contributed by atoms with Gasteiger partial charge in [0, 0.05) is 105 Å². The molecule has 5 aromatic rings. The molecular formula is C46H53FN8O4. The standard InChI is InChI=1S/C46H53FN8O4/c1-4-42-39(43(51-35-16-18-59-19-17-35)40-25-50-55(5-2)44(40)52-42)24-49-46(58)34-11-7-10-33(22-34)45(57)48-23-30-12-15-41(47)38(21-30)32-9-6-8-31(20-32)26-53-27-37-14-13-36(53)28-54(37)29(3)56/h6-12,15,20-22,25,35-37H,4-5,13-14,16-19,23-24,26-28H2,1-3H3,(H,48,57)(H,49,58)(H,51,52)/t36-,37-/m0/s1. The lowest BCUT2D eigenvalue weighted by Crippen LogP contribution is -2.63. The van der Waals surface area contributed by atoms with Crippen molar-refractivity contribution in [2.45, 2.75) is 97.2 Å². The van der Waals surface area contributed by atoms with Gasteiger partial charge in [-0.3, -0.25) is 19.3 Å². The molecule has 0 radical (unpaired) electrons. The maximum atomic E-state index is 15.3. The number of fused-ring (bicyclic) bond motifs is 4. The summed E-state index contributed by atoms with van der Waals surface area (Å²) in [5.74, 6) is -0.845. The number of aromatic nitrogens is 3. The van der Waals surface area contributed by atoms with E-state index in [1.807, 2.05) is 40.9 Å². The second-order valence-electron chi connectivity index (χ2n) is 15.9. The number of ether oxygens (including phenoxy) is 1. The molecule has 4 saturated heterocycles. The molecule has 13 heteroatoms. The van der Waals surface area contributed by atoms with Crippen molar-refractivity contribution in [3.8, 4) is 11.1 Å². The zero-order chi connectivity index (χ0) is 41.0. The second-order valence-corrected chi connectivity index (χ2v) is 15.9. The second kappa shape index (κ2) is 17.7. The maximum absolute atomic E-state index is 15.3. The number of halogens is 1. The van der Waals surface area contributed by atoms with Crippen molar-refractivity contribution in [1.82, 2.24) is 35.2 Å². The van der Waals surface area contributed by atoms with E-state index in [1.165, 1.54) is 6.07 Å². The SMILES string of the molecule is CCc1nc2c(cnn2CC)c(NC2CCOCC2)c1CNC(=O)c1cccc(C(=O)NCc2ccc(F)c(-c3cccc(CN4C[C@@H]5CC[C@H]4CN5C(C)=O)c3)c2)c1. The highest BCUT2D eigenvalue weighted by atomic mass is 19.1. The molecule has 4 aliphatic rings. The molecule has 3 amide bonds. The van der Waals surface area contributed by atoms with Gasteiger partial charge in [0.05, 0.1) is 17.3 Å². The minimum atomic E-state index is -0.342. The molecule has 0 aliphatic carbocycles. The number of hydrogen-bond donors (Lipinski definition) is 3. The van der Waals surface area contributed by atoms with Crippen LogP contribution in [0.2, 0.25) is 0 Å². The molecule has 308 valence electrons. The summed E-state index contributed by atoms with van der Waals surface area (Å²) in [6.45, 7) is 10.6. The van der Waals surface area contributed by atoms with Crippen LogP contribution in [0.5, 0.6) is 0 Å². The zero-order valence-corrected chi connectivity index (χ0v) is 34.1. The minimum Gasteiger partial charge on any atom is -0.381 e. The molecule has 0 unspecified atom stereocenters. The Morgan fingerprint density at radius 2 is 1.59 bits per heavy atom. The molecule has 4 aliphatic heterocycles. The summed E-state index contributed by atoms with van der Waals surface area (Å²) in [7, 11) is 0. The molecule has 9 rings (SSSR count). The van der Waals surface area contributed by atoms with Gasteiger partial charge in [-0.05, 0) is 92.1 Å². The van der Waals surface area contributed by atoms with Gasteiger partial charge in [0.1, 0.15) is 5.82 Å². The van der Waals surface area contributed by atoms with E-state index in [9.17, 15) is 14.4 Å². The molecule has 2 aromatic heterocycles. The molecule has 2 bridgehead atoms. The van der Waals surface area contributed by atoms with Crippen LogP contribution in [-0.4, -0.2) is 86.7 Å². The van der Waals surface area contributed by atoms with Gasteiger partial charge in [-0.15, -0.1) is 0 Å². The monoisotopic (exact) mass is 800 g/mol. The Morgan fingerprint density at radius 3 is 2.31 bits per heavy atom. The lowest BCUT2D eigenvalue weighted by atomic mass is 9.90. The highest BCUT2D eigenvalue weighted by Crippen LogP contribution is 2.33. The number of aryl methyl sites for hydroxylation is 2. The number of amides is 3. The number of piperidine rings is 2. The topological polar surface area (TPSA) is 134 Å². The summed E-state index contributed by atoms with van der Waals surface area (Å²) >= 11 is 0. The van der Waals surface area contributed by atoms with Crippen LogP contribution in [0.25, 0.3) is 22.2 Å².